The first-order valence-electron chi connectivity index (χ1n) is 12.0. The molecule has 4 rings (SSSR count). The molecule has 0 spiro atoms. The zero-order valence-electron chi connectivity index (χ0n) is 20.4. The number of anilines is 1. The number of aryl methyl sites for hydroxylation is 2. The van der Waals surface area contributed by atoms with Crippen LogP contribution in [0.4, 0.5) is 5.69 Å². The fourth-order valence-electron chi connectivity index (χ4n) is 4.53. The van der Waals surface area contributed by atoms with E-state index in [1.54, 1.807) is 16.9 Å². The van der Waals surface area contributed by atoms with E-state index in [1.165, 1.54) is 17.5 Å². The van der Waals surface area contributed by atoms with Gasteiger partial charge in [0.25, 0.3) is 10.0 Å². The van der Waals surface area contributed by atoms with Crippen LogP contribution in [-0.4, -0.2) is 48.8 Å². The van der Waals surface area contributed by atoms with Gasteiger partial charge in [0.05, 0.1) is 12.3 Å². The van der Waals surface area contributed by atoms with Gasteiger partial charge in [0.15, 0.2) is 5.03 Å². The van der Waals surface area contributed by atoms with E-state index in [-0.39, 0.29) is 5.03 Å². The van der Waals surface area contributed by atoms with Crippen molar-refractivity contribution in [1.82, 2.24) is 19.7 Å². The smallest absolute Gasteiger partial charge is 0.257 e. The van der Waals surface area contributed by atoms with Gasteiger partial charge >= 0.3 is 0 Å². The predicted molar refractivity (Wildman–Crippen MR) is 136 cm³/mol. The molecule has 188 valence electrons. The molecule has 0 saturated heterocycles. The summed E-state index contributed by atoms with van der Waals surface area (Å²) in [6, 6.07) is 9.74. The van der Waals surface area contributed by atoms with Crippen molar-refractivity contribution in [3.05, 3.63) is 53.3 Å². The largest absolute Gasteiger partial charge is 0.478 e. The Bertz CT molecular complexity index is 1290. The van der Waals surface area contributed by atoms with Gasteiger partial charge in [-0.1, -0.05) is 12.1 Å². The number of pyridine rings is 1. The van der Waals surface area contributed by atoms with Crippen LogP contribution < -0.4 is 15.6 Å². The van der Waals surface area contributed by atoms with E-state index < -0.39 is 10.0 Å². The van der Waals surface area contributed by atoms with Crippen LogP contribution in [0.3, 0.4) is 0 Å². The Morgan fingerprint density at radius 3 is 2.71 bits per heavy atom. The molecule has 10 heteroatoms. The highest BCUT2D eigenvalue weighted by Gasteiger charge is 2.18. The van der Waals surface area contributed by atoms with Crippen molar-refractivity contribution in [3.63, 3.8) is 0 Å². The average Bonchev–Trinajstić information content (AvgIpc) is 3.44. The van der Waals surface area contributed by atoms with Gasteiger partial charge in [-0.05, 0) is 75.4 Å². The first kappa shape index (κ1) is 25.2. The maximum absolute atomic E-state index is 11.7. The topological polar surface area (TPSA) is 129 Å². The molecule has 0 unspecified atom stereocenters. The summed E-state index contributed by atoms with van der Waals surface area (Å²) in [5.74, 6) is 0.584. The molecule has 1 aliphatic rings. The molecule has 2 aromatic heterocycles. The molecular formula is C25H34N6O3S. The number of sulfonamides is 1. The molecule has 0 aliphatic heterocycles. The van der Waals surface area contributed by atoms with Crippen LogP contribution in [0.25, 0.3) is 11.1 Å². The number of nitrogen functional groups attached to an aromatic ring is 1. The Hall–Kier alpha value is -2.95. The zero-order valence-corrected chi connectivity index (χ0v) is 21.2. The Morgan fingerprint density at radius 1 is 1.11 bits per heavy atom. The normalized spacial score (nSPS) is 13.4. The number of primary sulfonamides is 1. The van der Waals surface area contributed by atoms with Crippen molar-refractivity contribution >= 4 is 15.7 Å². The van der Waals surface area contributed by atoms with Gasteiger partial charge in [-0.2, -0.15) is 5.10 Å². The number of ether oxygens (including phenoxy) is 1. The first-order chi connectivity index (χ1) is 16.7. The Morgan fingerprint density at radius 2 is 1.94 bits per heavy atom. The van der Waals surface area contributed by atoms with Crippen LogP contribution in [0, 0.1) is 0 Å². The maximum atomic E-state index is 11.7. The van der Waals surface area contributed by atoms with Crippen molar-refractivity contribution in [2.24, 2.45) is 5.14 Å². The molecule has 0 atom stereocenters. The predicted octanol–water partition coefficient (Wildman–Crippen LogP) is 2.97. The lowest BCUT2D eigenvalue weighted by atomic mass is 9.98. The van der Waals surface area contributed by atoms with E-state index in [0.717, 1.165) is 54.6 Å². The Balaban J connectivity index is 1.29. The first-order valence-corrected chi connectivity index (χ1v) is 13.5. The van der Waals surface area contributed by atoms with Crippen LogP contribution in [0.5, 0.6) is 5.88 Å². The van der Waals surface area contributed by atoms with Gasteiger partial charge in [0, 0.05) is 42.7 Å². The van der Waals surface area contributed by atoms with Gasteiger partial charge < -0.3 is 15.4 Å². The van der Waals surface area contributed by atoms with E-state index in [4.69, 9.17) is 15.6 Å². The number of hydrogen-bond acceptors (Lipinski definition) is 7. The molecule has 9 nitrogen and oxygen atoms in total. The summed E-state index contributed by atoms with van der Waals surface area (Å²) in [5.41, 5.74) is 12.9. The number of unbranched alkanes of at least 4 members (excludes halogenated alkanes) is 2. The second-order valence-electron chi connectivity index (χ2n) is 9.29. The van der Waals surface area contributed by atoms with E-state index >= 15 is 0 Å². The van der Waals surface area contributed by atoms with Crippen molar-refractivity contribution in [3.8, 4) is 17.0 Å². The number of aromatic nitrogens is 3. The fraction of sp³-hybridized carbons (Fsp3) is 0.440. The van der Waals surface area contributed by atoms with Crippen LogP contribution in [0.1, 0.15) is 42.5 Å². The molecule has 0 radical (unpaired) electrons. The lowest BCUT2D eigenvalue weighted by Crippen LogP contribution is -2.16. The van der Waals surface area contributed by atoms with Crippen molar-refractivity contribution < 1.29 is 13.2 Å². The minimum atomic E-state index is -3.82. The molecule has 35 heavy (non-hydrogen) atoms. The molecule has 0 saturated carbocycles. The Kier molecular flexibility index (Phi) is 7.73. The van der Waals surface area contributed by atoms with E-state index in [1.807, 2.05) is 31.1 Å². The lowest BCUT2D eigenvalue weighted by molar-refractivity contribution is 0.292. The number of benzene rings is 1. The number of nitrogens with zero attached hydrogens (tertiary/aromatic N) is 4. The van der Waals surface area contributed by atoms with Crippen molar-refractivity contribution in [1.29, 1.82) is 0 Å². The van der Waals surface area contributed by atoms with Gasteiger partial charge in [-0.3, -0.25) is 4.68 Å². The third-order valence-corrected chi connectivity index (χ3v) is 7.03. The van der Waals surface area contributed by atoms with E-state index in [9.17, 15) is 8.42 Å². The Labute approximate surface area is 207 Å². The SMILES string of the molecule is CN(C)Cc1cc(S(N)(=O)=O)nn1CCCCCOc1cc(-c2ccc3c(c2N)CCC3)ccn1. The van der Waals surface area contributed by atoms with E-state index in [2.05, 4.69) is 22.2 Å². The maximum Gasteiger partial charge on any atom is 0.257 e. The number of hydrogen-bond donors (Lipinski definition) is 2. The molecule has 0 amide bonds. The minimum Gasteiger partial charge on any atom is -0.478 e. The van der Waals surface area contributed by atoms with Crippen LogP contribution >= 0.6 is 0 Å². The molecule has 0 bridgehead atoms. The number of nitrogens with two attached hydrogens (primary N) is 2. The molecule has 2 heterocycles. The third-order valence-electron chi connectivity index (χ3n) is 6.25. The highest BCUT2D eigenvalue weighted by Crippen LogP contribution is 2.36. The molecule has 1 aromatic carbocycles. The summed E-state index contributed by atoms with van der Waals surface area (Å²) >= 11 is 0. The summed E-state index contributed by atoms with van der Waals surface area (Å²) in [7, 11) is 0.0223. The average molecular weight is 499 g/mol. The fourth-order valence-corrected chi connectivity index (χ4v) is 5.05. The molecular weight excluding hydrogens is 464 g/mol. The highest BCUT2D eigenvalue weighted by molar-refractivity contribution is 7.89. The molecule has 4 N–H and O–H groups in total. The van der Waals surface area contributed by atoms with Crippen molar-refractivity contribution in [2.75, 3.05) is 26.4 Å². The summed E-state index contributed by atoms with van der Waals surface area (Å²) in [5, 5.41) is 9.36. The minimum absolute atomic E-state index is 0.0901. The van der Waals surface area contributed by atoms with Crippen LogP contribution in [0.15, 0.2) is 41.6 Å². The van der Waals surface area contributed by atoms with Gasteiger partial charge in [0.1, 0.15) is 0 Å². The summed E-state index contributed by atoms with van der Waals surface area (Å²) in [4.78, 5) is 6.31. The van der Waals surface area contributed by atoms with Crippen LogP contribution in [-0.2, 0) is 36.0 Å². The number of rotatable bonds is 11. The highest BCUT2D eigenvalue weighted by atomic mass is 32.2. The summed E-state index contributed by atoms with van der Waals surface area (Å²) < 4.78 is 31.0. The number of fused-ring (bicyclic) bond motifs is 1. The molecule has 1 aliphatic carbocycles. The third kappa shape index (κ3) is 6.19. The van der Waals surface area contributed by atoms with Crippen molar-refractivity contribution in [2.45, 2.75) is 56.6 Å². The summed E-state index contributed by atoms with van der Waals surface area (Å²) in [6.45, 7) is 1.74. The summed E-state index contributed by atoms with van der Waals surface area (Å²) in [6.07, 6.45) is 7.66. The van der Waals surface area contributed by atoms with E-state index in [0.29, 0.717) is 25.6 Å². The van der Waals surface area contributed by atoms with Gasteiger partial charge in [0.2, 0.25) is 5.88 Å². The monoisotopic (exact) mass is 498 g/mol. The second kappa shape index (κ2) is 10.8. The van der Waals surface area contributed by atoms with Gasteiger partial charge in [-0.25, -0.2) is 18.5 Å². The van der Waals surface area contributed by atoms with Gasteiger partial charge in [-0.15, -0.1) is 0 Å². The quantitative estimate of drug-likeness (QED) is 0.307. The molecule has 3 aromatic rings. The lowest BCUT2D eigenvalue weighted by Gasteiger charge is -2.13. The van der Waals surface area contributed by atoms with Crippen LogP contribution in [0.2, 0.25) is 0 Å². The molecule has 0 fully saturated rings. The zero-order chi connectivity index (χ0) is 25.0. The standard InChI is InChI=1S/C25H34N6O3S/c1-30(2)17-20-16-24(35(27,32)33)29-31(20)13-4-3-5-14-34-23-15-19(11-12-28-23)22-10-9-18-7-6-8-21(18)25(22)26/h9-12,15-16H,3-8,13-14,17,26H2,1-2H3,(H2,27,32,33). The second-order valence-corrected chi connectivity index (χ2v) is 10.8.